The Morgan fingerprint density at radius 3 is 2.57 bits per heavy atom. The third-order valence-electron chi connectivity index (χ3n) is 3.04. The third-order valence-corrected chi connectivity index (χ3v) is 4.12. The van der Waals surface area contributed by atoms with Gasteiger partial charge in [-0.2, -0.15) is 0 Å². The van der Waals surface area contributed by atoms with Gasteiger partial charge in [-0.3, -0.25) is 4.57 Å². The van der Waals surface area contributed by atoms with E-state index in [0.717, 1.165) is 0 Å². The van der Waals surface area contributed by atoms with Gasteiger partial charge in [0.2, 0.25) is 0 Å². The van der Waals surface area contributed by atoms with Crippen LogP contribution in [0.3, 0.4) is 0 Å². The molecular weight excluding hydrogens is 385 g/mol. The summed E-state index contributed by atoms with van der Waals surface area (Å²) in [6.45, 7) is 0. The first-order valence-electron chi connectivity index (χ1n) is 5.89. The fourth-order valence-corrected chi connectivity index (χ4v) is 2.81. The SMILES string of the molecule is Fc1cc2nc(CCl)n(-c3ccc(Cl)cc3F)c2cc1Br. The molecule has 0 saturated carbocycles. The zero-order chi connectivity index (χ0) is 15.1. The second-order valence-electron chi connectivity index (χ2n) is 4.35. The lowest BCUT2D eigenvalue weighted by Gasteiger charge is -2.09. The van der Waals surface area contributed by atoms with E-state index in [2.05, 4.69) is 20.9 Å². The van der Waals surface area contributed by atoms with Crippen molar-refractivity contribution in [3.63, 3.8) is 0 Å². The van der Waals surface area contributed by atoms with Crippen molar-refractivity contribution in [3.05, 3.63) is 57.3 Å². The minimum atomic E-state index is -0.506. The molecule has 0 saturated heterocycles. The molecule has 108 valence electrons. The Labute approximate surface area is 137 Å². The van der Waals surface area contributed by atoms with E-state index in [1.807, 2.05) is 0 Å². The number of halogens is 5. The van der Waals surface area contributed by atoms with Crippen molar-refractivity contribution in [1.29, 1.82) is 0 Å². The number of nitrogens with zero attached hydrogens (tertiary/aromatic N) is 2. The van der Waals surface area contributed by atoms with Crippen LogP contribution in [0.5, 0.6) is 0 Å². The molecule has 0 aliphatic heterocycles. The maximum atomic E-state index is 14.2. The molecule has 0 unspecified atom stereocenters. The highest BCUT2D eigenvalue weighted by Crippen LogP contribution is 2.29. The highest BCUT2D eigenvalue weighted by Gasteiger charge is 2.17. The minimum Gasteiger partial charge on any atom is -0.292 e. The van der Waals surface area contributed by atoms with E-state index in [4.69, 9.17) is 23.2 Å². The van der Waals surface area contributed by atoms with E-state index in [1.165, 1.54) is 18.2 Å². The maximum absolute atomic E-state index is 14.2. The smallest absolute Gasteiger partial charge is 0.148 e. The van der Waals surface area contributed by atoms with E-state index in [0.29, 0.717) is 21.9 Å². The van der Waals surface area contributed by atoms with Crippen LogP contribution in [0.2, 0.25) is 5.02 Å². The molecule has 0 atom stereocenters. The summed E-state index contributed by atoms with van der Waals surface area (Å²) >= 11 is 14.8. The zero-order valence-corrected chi connectivity index (χ0v) is 13.5. The largest absolute Gasteiger partial charge is 0.292 e. The average molecular weight is 392 g/mol. The first-order chi connectivity index (χ1) is 10.0. The number of hydrogen-bond donors (Lipinski definition) is 0. The van der Waals surface area contributed by atoms with Gasteiger partial charge < -0.3 is 0 Å². The molecule has 1 aromatic heterocycles. The second kappa shape index (κ2) is 5.55. The third kappa shape index (κ3) is 2.54. The Morgan fingerprint density at radius 1 is 1.14 bits per heavy atom. The number of rotatable bonds is 2. The zero-order valence-electron chi connectivity index (χ0n) is 10.4. The van der Waals surface area contributed by atoms with Gasteiger partial charge in [0.05, 0.1) is 27.1 Å². The molecule has 0 N–H and O–H groups in total. The van der Waals surface area contributed by atoms with E-state index in [1.54, 1.807) is 16.7 Å². The van der Waals surface area contributed by atoms with Crippen molar-refractivity contribution in [1.82, 2.24) is 9.55 Å². The highest BCUT2D eigenvalue weighted by atomic mass is 79.9. The molecule has 0 aliphatic rings. The Hall–Kier alpha value is -1.17. The van der Waals surface area contributed by atoms with Crippen LogP contribution >= 0.6 is 39.1 Å². The van der Waals surface area contributed by atoms with Gasteiger partial charge in [-0.1, -0.05) is 11.6 Å². The van der Waals surface area contributed by atoms with Gasteiger partial charge in [0.15, 0.2) is 0 Å². The van der Waals surface area contributed by atoms with Gasteiger partial charge in [0.1, 0.15) is 17.5 Å². The topological polar surface area (TPSA) is 17.8 Å². The summed E-state index contributed by atoms with van der Waals surface area (Å²) < 4.78 is 29.6. The summed E-state index contributed by atoms with van der Waals surface area (Å²) in [4.78, 5) is 4.24. The van der Waals surface area contributed by atoms with Crippen molar-refractivity contribution in [3.8, 4) is 5.69 Å². The quantitative estimate of drug-likeness (QED) is 0.530. The number of fused-ring (bicyclic) bond motifs is 1. The summed E-state index contributed by atoms with van der Waals surface area (Å²) in [5, 5.41) is 0.292. The van der Waals surface area contributed by atoms with Gasteiger partial charge in [0.25, 0.3) is 0 Å². The normalized spacial score (nSPS) is 11.3. The van der Waals surface area contributed by atoms with Crippen molar-refractivity contribution in [2.24, 2.45) is 0 Å². The standard InChI is InChI=1S/C14H7BrCl2F2N2/c15-8-4-13-11(5-9(8)18)20-14(6-16)21(13)12-2-1-7(17)3-10(12)19/h1-5H,6H2. The molecule has 2 aromatic carbocycles. The number of imidazole rings is 1. The van der Waals surface area contributed by atoms with Gasteiger partial charge >= 0.3 is 0 Å². The lowest BCUT2D eigenvalue weighted by Crippen LogP contribution is -2.02. The van der Waals surface area contributed by atoms with Crippen LogP contribution in [0.4, 0.5) is 8.78 Å². The second-order valence-corrected chi connectivity index (χ2v) is 5.91. The molecule has 0 spiro atoms. The fourth-order valence-electron chi connectivity index (χ4n) is 2.14. The van der Waals surface area contributed by atoms with Crippen LogP contribution in [0.25, 0.3) is 16.7 Å². The molecule has 0 amide bonds. The van der Waals surface area contributed by atoms with Crippen LogP contribution in [0, 0.1) is 11.6 Å². The molecule has 0 bridgehead atoms. The predicted molar refractivity (Wildman–Crippen MR) is 83.3 cm³/mol. The number of benzene rings is 2. The molecule has 1 heterocycles. The fraction of sp³-hybridized carbons (Fsp3) is 0.0714. The van der Waals surface area contributed by atoms with Crippen LogP contribution in [0.15, 0.2) is 34.8 Å². The van der Waals surface area contributed by atoms with Crippen molar-refractivity contribution in [2.45, 2.75) is 5.88 Å². The number of hydrogen-bond acceptors (Lipinski definition) is 1. The van der Waals surface area contributed by atoms with Gasteiger partial charge in [-0.25, -0.2) is 13.8 Å². The maximum Gasteiger partial charge on any atom is 0.148 e. The molecule has 7 heteroatoms. The summed E-state index contributed by atoms with van der Waals surface area (Å²) in [7, 11) is 0. The Balaban J connectivity index is 2.37. The number of aromatic nitrogens is 2. The first-order valence-corrected chi connectivity index (χ1v) is 7.59. The minimum absolute atomic E-state index is 0.0655. The van der Waals surface area contributed by atoms with Gasteiger partial charge in [0, 0.05) is 11.1 Å². The first kappa shape index (κ1) is 14.8. The molecule has 21 heavy (non-hydrogen) atoms. The molecular formula is C14H7BrCl2F2N2. The summed E-state index contributed by atoms with van der Waals surface area (Å²) in [5.74, 6) is -0.459. The monoisotopic (exact) mass is 390 g/mol. The Bertz CT molecular complexity index is 849. The van der Waals surface area contributed by atoms with E-state index < -0.39 is 11.6 Å². The summed E-state index contributed by atoms with van der Waals surface area (Å²) in [6, 6.07) is 7.13. The number of alkyl halides is 1. The lowest BCUT2D eigenvalue weighted by atomic mass is 10.2. The molecule has 2 nitrogen and oxygen atoms in total. The van der Waals surface area contributed by atoms with Crippen LogP contribution in [-0.4, -0.2) is 9.55 Å². The van der Waals surface area contributed by atoms with Gasteiger partial charge in [-0.15, -0.1) is 11.6 Å². The van der Waals surface area contributed by atoms with E-state index in [9.17, 15) is 8.78 Å². The van der Waals surface area contributed by atoms with E-state index >= 15 is 0 Å². The van der Waals surface area contributed by atoms with Gasteiger partial charge in [-0.05, 0) is 40.2 Å². The molecule has 3 rings (SSSR count). The molecule has 0 aliphatic carbocycles. The molecule has 0 fully saturated rings. The summed E-state index contributed by atoms with van der Waals surface area (Å²) in [6.07, 6.45) is 0. The average Bonchev–Trinajstić information content (AvgIpc) is 2.77. The highest BCUT2D eigenvalue weighted by molar-refractivity contribution is 9.10. The van der Waals surface area contributed by atoms with Crippen LogP contribution in [0.1, 0.15) is 5.82 Å². The van der Waals surface area contributed by atoms with Crippen molar-refractivity contribution < 1.29 is 8.78 Å². The molecule has 0 radical (unpaired) electrons. The van der Waals surface area contributed by atoms with Crippen LogP contribution < -0.4 is 0 Å². The van der Waals surface area contributed by atoms with Crippen LogP contribution in [-0.2, 0) is 5.88 Å². The van der Waals surface area contributed by atoms with E-state index in [-0.39, 0.29) is 16.0 Å². The molecule has 3 aromatic rings. The Kier molecular flexibility index (Phi) is 3.90. The van der Waals surface area contributed by atoms with Crippen molar-refractivity contribution >= 4 is 50.2 Å². The Morgan fingerprint density at radius 2 is 1.90 bits per heavy atom. The van der Waals surface area contributed by atoms with Crippen molar-refractivity contribution in [2.75, 3.05) is 0 Å². The summed E-state index contributed by atoms with van der Waals surface area (Å²) in [5.41, 5.74) is 1.22. The predicted octanol–water partition coefficient (Wildman–Crippen LogP) is 5.46. The lowest BCUT2D eigenvalue weighted by molar-refractivity contribution is 0.617.